The summed E-state index contributed by atoms with van der Waals surface area (Å²) in [5, 5.41) is 19.5. The van der Waals surface area contributed by atoms with Crippen molar-refractivity contribution in [1.82, 2.24) is 15.3 Å². The van der Waals surface area contributed by atoms with Crippen LogP contribution in [0.25, 0.3) is 11.3 Å². The van der Waals surface area contributed by atoms with Gasteiger partial charge in [0.15, 0.2) is 0 Å². The Morgan fingerprint density at radius 3 is 2.78 bits per heavy atom. The van der Waals surface area contributed by atoms with Gasteiger partial charge in [0.1, 0.15) is 11.6 Å². The van der Waals surface area contributed by atoms with Crippen LogP contribution in [0.2, 0.25) is 0 Å². The summed E-state index contributed by atoms with van der Waals surface area (Å²) in [6.07, 6.45) is 6.60. The fraction of sp³-hybridized carbons (Fsp3) is 0.286. The maximum atomic E-state index is 9.83. The van der Waals surface area contributed by atoms with Crippen molar-refractivity contribution in [1.29, 1.82) is 5.26 Å². The van der Waals surface area contributed by atoms with Crippen LogP contribution in [0.4, 0.5) is 5.95 Å². The number of nitrogens with one attached hydrogen (secondary N) is 2. The Kier molecular flexibility index (Phi) is 5.12. The molecule has 1 aromatic heterocycles. The molecule has 0 unspecified atom stereocenters. The molecule has 5 nitrogen and oxygen atoms in total. The van der Waals surface area contributed by atoms with Gasteiger partial charge < -0.3 is 10.6 Å². The summed E-state index contributed by atoms with van der Waals surface area (Å²) >= 11 is 1.52. The maximum absolute atomic E-state index is 9.83. The third kappa shape index (κ3) is 3.83. The van der Waals surface area contributed by atoms with Crippen LogP contribution in [0.3, 0.4) is 0 Å². The van der Waals surface area contributed by atoms with Gasteiger partial charge >= 0.3 is 0 Å². The molecule has 2 aromatic rings. The highest BCUT2D eigenvalue weighted by Crippen LogP contribution is 2.35. The third-order valence-electron chi connectivity index (χ3n) is 4.86. The first-order valence-corrected chi connectivity index (χ1v) is 10.1. The minimum Gasteiger partial charge on any atom is -0.351 e. The Labute approximate surface area is 163 Å². The van der Waals surface area contributed by atoms with Gasteiger partial charge in [0.25, 0.3) is 0 Å². The lowest BCUT2D eigenvalue weighted by molar-refractivity contribution is 0.743. The number of rotatable bonds is 4. The minimum absolute atomic E-state index is 0.434. The predicted octanol–water partition coefficient (Wildman–Crippen LogP) is 4.67. The Hall–Kier alpha value is -2.78. The van der Waals surface area contributed by atoms with Gasteiger partial charge in [0, 0.05) is 17.6 Å². The molecule has 4 rings (SSSR count). The molecule has 2 N–H and O–H groups in total. The number of hydrogen-bond acceptors (Lipinski definition) is 6. The van der Waals surface area contributed by atoms with E-state index in [9.17, 15) is 5.26 Å². The number of nitrogens with zero attached hydrogens (tertiary/aromatic N) is 3. The SMILES string of the molecule is Cc1cnc(NC2CCCC2)nc1/C(C#N)=C1/NC(c2ccccc2)=CS1. The third-order valence-corrected chi connectivity index (χ3v) is 5.76. The smallest absolute Gasteiger partial charge is 0.223 e. The molecule has 6 heteroatoms. The first-order valence-electron chi connectivity index (χ1n) is 9.19. The molecule has 0 spiro atoms. The lowest BCUT2D eigenvalue weighted by Gasteiger charge is -2.14. The van der Waals surface area contributed by atoms with Crippen LogP contribution < -0.4 is 10.6 Å². The van der Waals surface area contributed by atoms with Gasteiger partial charge in [0.2, 0.25) is 5.95 Å². The molecule has 1 aliphatic carbocycles. The molecule has 0 atom stereocenters. The first-order chi connectivity index (χ1) is 13.2. The average Bonchev–Trinajstić information content (AvgIpc) is 3.38. The van der Waals surface area contributed by atoms with Gasteiger partial charge in [0.05, 0.1) is 16.4 Å². The molecular weight excluding hydrogens is 354 g/mol. The van der Waals surface area contributed by atoms with E-state index in [-0.39, 0.29) is 0 Å². The number of aryl methyl sites for hydroxylation is 1. The van der Waals surface area contributed by atoms with Crippen molar-refractivity contribution in [2.75, 3.05) is 5.32 Å². The molecule has 1 fully saturated rings. The zero-order chi connectivity index (χ0) is 18.6. The topological polar surface area (TPSA) is 73.6 Å². The van der Waals surface area contributed by atoms with Crippen molar-refractivity contribution < 1.29 is 0 Å². The Morgan fingerprint density at radius 1 is 1.26 bits per heavy atom. The summed E-state index contributed by atoms with van der Waals surface area (Å²) in [5.74, 6) is 0.607. The van der Waals surface area contributed by atoms with Gasteiger partial charge in [-0.25, -0.2) is 9.97 Å². The van der Waals surface area contributed by atoms with Crippen molar-refractivity contribution >= 4 is 29.0 Å². The van der Waals surface area contributed by atoms with Gasteiger partial charge in [-0.1, -0.05) is 54.9 Å². The van der Waals surface area contributed by atoms with E-state index in [1.807, 2.05) is 42.7 Å². The van der Waals surface area contributed by atoms with Crippen molar-refractivity contribution in [3.8, 4) is 6.07 Å². The molecule has 1 saturated carbocycles. The summed E-state index contributed by atoms with van der Waals surface area (Å²) in [5.41, 5.74) is 4.23. The Balaban J connectivity index is 1.61. The zero-order valence-corrected chi connectivity index (χ0v) is 16.0. The fourth-order valence-corrected chi connectivity index (χ4v) is 4.27. The van der Waals surface area contributed by atoms with E-state index in [1.54, 1.807) is 6.20 Å². The van der Waals surface area contributed by atoms with E-state index < -0.39 is 0 Å². The molecule has 0 amide bonds. The number of benzene rings is 1. The highest BCUT2D eigenvalue weighted by Gasteiger charge is 2.21. The van der Waals surface area contributed by atoms with E-state index in [4.69, 9.17) is 0 Å². The predicted molar refractivity (Wildman–Crippen MR) is 110 cm³/mol. The number of nitriles is 1. The number of anilines is 1. The number of aromatic nitrogens is 2. The van der Waals surface area contributed by atoms with Crippen LogP contribution in [0, 0.1) is 18.3 Å². The fourth-order valence-electron chi connectivity index (χ4n) is 3.41. The summed E-state index contributed by atoms with van der Waals surface area (Å²) < 4.78 is 0. The largest absolute Gasteiger partial charge is 0.351 e. The van der Waals surface area contributed by atoms with Crippen LogP contribution in [0.1, 0.15) is 42.5 Å². The van der Waals surface area contributed by atoms with E-state index in [0.717, 1.165) is 34.7 Å². The van der Waals surface area contributed by atoms with Crippen molar-refractivity contribution in [3.05, 3.63) is 63.8 Å². The second kappa shape index (κ2) is 7.85. The summed E-state index contributed by atoms with van der Waals surface area (Å²) in [4.78, 5) is 9.08. The lowest BCUT2D eigenvalue weighted by atomic mass is 10.1. The second-order valence-electron chi connectivity index (χ2n) is 6.81. The molecule has 27 heavy (non-hydrogen) atoms. The Morgan fingerprint density at radius 2 is 2.04 bits per heavy atom. The van der Waals surface area contributed by atoms with Crippen molar-refractivity contribution in [2.45, 2.75) is 38.6 Å². The quantitative estimate of drug-likeness (QED) is 0.757. The van der Waals surface area contributed by atoms with Crippen LogP contribution in [-0.4, -0.2) is 16.0 Å². The van der Waals surface area contributed by atoms with Gasteiger partial charge in [-0.2, -0.15) is 5.26 Å². The van der Waals surface area contributed by atoms with Crippen LogP contribution >= 0.6 is 11.8 Å². The molecule has 1 aliphatic heterocycles. The highest BCUT2D eigenvalue weighted by molar-refractivity contribution is 8.06. The molecule has 136 valence electrons. The van der Waals surface area contributed by atoms with Crippen LogP contribution in [-0.2, 0) is 0 Å². The van der Waals surface area contributed by atoms with Crippen molar-refractivity contribution in [2.24, 2.45) is 0 Å². The summed E-state index contributed by atoms with van der Waals surface area (Å²) in [6, 6.07) is 12.9. The van der Waals surface area contributed by atoms with Gasteiger partial charge in [-0.3, -0.25) is 0 Å². The standard InChI is InChI=1S/C21H21N5S/c1-14-12-23-21(24-16-9-5-6-10-16)26-19(14)17(11-22)20-25-18(13-27-20)15-7-3-2-4-8-15/h2-4,7-8,12-13,16,25H,5-6,9-10H2,1H3,(H,23,24,26)/b20-17-. The Bertz CT molecular complexity index is 937. The molecule has 0 radical (unpaired) electrons. The molecule has 2 aliphatic rings. The average molecular weight is 376 g/mol. The molecule has 0 bridgehead atoms. The van der Waals surface area contributed by atoms with E-state index in [1.165, 1.54) is 24.6 Å². The highest BCUT2D eigenvalue weighted by atomic mass is 32.2. The van der Waals surface area contributed by atoms with E-state index >= 15 is 0 Å². The maximum Gasteiger partial charge on any atom is 0.223 e. The minimum atomic E-state index is 0.434. The number of thioether (sulfide) groups is 1. The number of allylic oxidation sites excluding steroid dienone is 1. The van der Waals surface area contributed by atoms with Gasteiger partial charge in [-0.05, 0) is 30.9 Å². The monoisotopic (exact) mass is 375 g/mol. The second-order valence-corrected chi connectivity index (χ2v) is 7.69. The van der Waals surface area contributed by atoms with Gasteiger partial charge in [-0.15, -0.1) is 0 Å². The normalized spacial score (nSPS) is 18.6. The van der Waals surface area contributed by atoms with E-state index in [0.29, 0.717) is 23.3 Å². The van der Waals surface area contributed by atoms with Crippen molar-refractivity contribution in [3.63, 3.8) is 0 Å². The lowest BCUT2D eigenvalue weighted by Crippen LogP contribution is -2.17. The van der Waals surface area contributed by atoms with Crippen LogP contribution in [0.15, 0.2) is 47.0 Å². The molecule has 1 aromatic carbocycles. The molecule has 2 heterocycles. The summed E-state index contributed by atoms with van der Waals surface area (Å²) in [7, 11) is 0. The molecular formula is C21H21N5S. The summed E-state index contributed by atoms with van der Waals surface area (Å²) in [6.45, 7) is 1.94. The van der Waals surface area contributed by atoms with E-state index in [2.05, 4.69) is 26.7 Å². The molecule has 0 saturated heterocycles. The first kappa shape index (κ1) is 17.6. The zero-order valence-electron chi connectivity index (χ0n) is 15.2. The number of hydrogen-bond donors (Lipinski definition) is 2. The van der Waals surface area contributed by atoms with Crippen LogP contribution in [0.5, 0.6) is 0 Å².